The Balaban J connectivity index is 1.68. The minimum Gasteiger partial charge on any atom is -0.480 e. The zero-order chi connectivity index (χ0) is 19.9. The van der Waals surface area contributed by atoms with E-state index in [4.69, 9.17) is 14.2 Å². The molecule has 1 aliphatic rings. The molecule has 0 bridgehead atoms. The predicted octanol–water partition coefficient (Wildman–Crippen LogP) is 1.75. The van der Waals surface area contributed by atoms with E-state index in [0.29, 0.717) is 17.9 Å². The van der Waals surface area contributed by atoms with Crippen molar-refractivity contribution in [2.24, 2.45) is 0 Å². The first kappa shape index (κ1) is 19.8. The van der Waals surface area contributed by atoms with E-state index in [1.807, 2.05) is 0 Å². The number of rotatable bonds is 7. The van der Waals surface area contributed by atoms with Crippen LogP contribution in [0.25, 0.3) is 5.82 Å². The van der Waals surface area contributed by atoms with Crippen LogP contribution in [0.5, 0.6) is 5.88 Å². The van der Waals surface area contributed by atoms with E-state index in [1.165, 1.54) is 24.2 Å². The summed E-state index contributed by atoms with van der Waals surface area (Å²) >= 11 is 0. The van der Waals surface area contributed by atoms with Gasteiger partial charge in [0.05, 0.1) is 31.6 Å². The Kier molecular flexibility index (Phi) is 6.59. The summed E-state index contributed by atoms with van der Waals surface area (Å²) in [5.41, 5.74) is 0.636. The van der Waals surface area contributed by atoms with Gasteiger partial charge in [0, 0.05) is 19.3 Å². The van der Waals surface area contributed by atoms with Gasteiger partial charge in [-0.25, -0.2) is 9.78 Å². The maximum absolute atomic E-state index is 12.3. The van der Waals surface area contributed by atoms with Crippen molar-refractivity contribution in [2.45, 2.75) is 32.3 Å². The average Bonchev–Trinajstić information content (AvgIpc) is 3.17. The number of aromatic nitrogens is 3. The first-order valence-corrected chi connectivity index (χ1v) is 9.29. The normalized spacial score (nSPS) is 16.4. The second kappa shape index (κ2) is 9.32. The van der Waals surface area contributed by atoms with Gasteiger partial charge in [-0.15, -0.1) is 0 Å². The van der Waals surface area contributed by atoms with E-state index in [9.17, 15) is 9.59 Å². The third-order valence-electron chi connectivity index (χ3n) is 4.41. The number of amides is 1. The van der Waals surface area contributed by atoms with Gasteiger partial charge in [0.1, 0.15) is 5.56 Å². The largest absolute Gasteiger partial charge is 0.480 e. The van der Waals surface area contributed by atoms with E-state index in [2.05, 4.69) is 15.4 Å². The van der Waals surface area contributed by atoms with Crippen molar-refractivity contribution in [3.05, 3.63) is 35.7 Å². The summed E-state index contributed by atoms with van der Waals surface area (Å²) in [6.07, 6.45) is 6.04. The lowest BCUT2D eigenvalue weighted by Gasteiger charge is -2.22. The quantitative estimate of drug-likeness (QED) is 0.721. The highest BCUT2D eigenvalue weighted by Gasteiger charge is 2.21. The van der Waals surface area contributed by atoms with Crippen LogP contribution in [-0.4, -0.2) is 59.6 Å². The van der Waals surface area contributed by atoms with Crippen LogP contribution in [0.3, 0.4) is 0 Å². The summed E-state index contributed by atoms with van der Waals surface area (Å²) in [5.74, 6) is -0.100. The smallest absolute Gasteiger partial charge is 0.345 e. The molecule has 9 heteroatoms. The summed E-state index contributed by atoms with van der Waals surface area (Å²) in [6, 6.07) is 3.28. The van der Waals surface area contributed by atoms with Crippen LogP contribution in [0.2, 0.25) is 0 Å². The third-order valence-corrected chi connectivity index (χ3v) is 4.41. The molecule has 0 spiro atoms. The van der Waals surface area contributed by atoms with Crippen LogP contribution in [0.1, 0.15) is 46.9 Å². The Morgan fingerprint density at radius 2 is 2.18 bits per heavy atom. The monoisotopic (exact) mass is 388 g/mol. The third kappa shape index (κ3) is 4.48. The fourth-order valence-electron chi connectivity index (χ4n) is 2.97. The van der Waals surface area contributed by atoms with E-state index in [-0.39, 0.29) is 30.1 Å². The van der Waals surface area contributed by atoms with Gasteiger partial charge in [-0.1, -0.05) is 0 Å². The van der Waals surface area contributed by atoms with Crippen LogP contribution in [0.15, 0.2) is 24.5 Å². The molecule has 2 aromatic heterocycles. The maximum Gasteiger partial charge on any atom is 0.345 e. The van der Waals surface area contributed by atoms with Gasteiger partial charge in [-0.3, -0.25) is 4.79 Å². The number of hydrogen-bond acceptors (Lipinski definition) is 7. The Hall–Kier alpha value is -2.94. The number of hydrogen-bond donors (Lipinski definition) is 1. The molecule has 1 aliphatic heterocycles. The number of esters is 1. The molecular formula is C19H24N4O5. The average molecular weight is 388 g/mol. The number of nitrogens with one attached hydrogen (secondary N) is 1. The molecule has 1 N–H and O–H groups in total. The van der Waals surface area contributed by atoms with Crippen LogP contribution in [0.4, 0.5) is 0 Å². The van der Waals surface area contributed by atoms with Gasteiger partial charge in [-0.05, 0) is 38.3 Å². The van der Waals surface area contributed by atoms with Crippen LogP contribution < -0.4 is 10.1 Å². The van der Waals surface area contributed by atoms with Crippen molar-refractivity contribution in [3.8, 4) is 11.7 Å². The lowest BCUT2D eigenvalue weighted by molar-refractivity contribution is 0.0169. The molecular weight excluding hydrogens is 364 g/mol. The standard InChI is InChI=1S/C19H24N4O5/c1-3-27-19(25)15-12-22-23(18(15)26-2)16-8-7-13(10-20-16)17(24)21-11-14-6-4-5-9-28-14/h7-8,10,12,14H,3-6,9,11H2,1-2H3,(H,21,24). The number of pyridine rings is 1. The molecule has 1 amide bonds. The fourth-order valence-corrected chi connectivity index (χ4v) is 2.97. The molecule has 28 heavy (non-hydrogen) atoms. The van der Waals surface area contributed by atoms with Crippen LogP contribution in [0, 0.1) is 0 Å². The molecule has 9 nitrogen and oxygen atoms in total. The van der Waals surface area contributed by atoms with Gasteiger partial charge < -0.3 is 19.5 Å². The number of nitrogens with zero attached hydrogens (tertiary/aromatic N) is 3. The molecule has 2 aromatic rings. The van der Waals surface area contributed by atoms with E-state index in [1.54, 1.807) is 19.1 Å². The predicted molar refractivity (Wildman–Crippen MR) is 99.8 cm³/mol. The van der Waals surface area contributed by atoms with Crippen molar-refractivity contribution < 1.29 is 23.8 Å². The SMILES string of the molecule is CCOC(=O)c1cnn(-c2ccc(C(=O)NCC3CCCCO3)cn2)c1OC. The highest BCUT2D eigenvalue weighted by molar-refractivity contribution is 5.94. The summed E-state index contributed by atoms with van der Waals surface area (Å²) < 4.78 is 17.3. The van der Waals surface area contributed by atoms with Crippen molar-refractivity contribution in [1.29, 1.82) is 0 Å². The van der Waals surface area contributed by atoms with Gasteiger partial charge in [0.15, 0.2) is 5.82 Å². The molecule has 0 aliphatic carbocycles. The zero-order valence-corrected chi connectivity index (χ0v) is 16.0. The fraction of sp³-hybridized carbons (Fsp3) is 0.474. The minimum absolute atomic E-state index is 0.0690. The zero-order valence-electron chi connectivity index (χ0n) is 16.0. The molecule has 1 saturated heterocycles. The van der Waals surface area contributed by atoms with Crippen molar-refractivity contribution >= 4 is 11.9 Å². The molecule has 3 rings (SSSR count). The lowest BCUT2D eigenvalue weighted by atomic mass is 10.1. The van der Waals surface area contributed by atoms with Crippen molar-refractivity contribution in [2.75, 3.05) is 26.9 Å². The summed E-state index contributed by atoms with van der Waals surface area (Å²) in [4.78, 5) is 28.6. The summed E-state index contributed by atoms with van der Waals surface area (Å²) in [6.45, 7) is 3.20. The van der Waals surface area contributed by atoms with E-state index in [0.717, 1.165) is 25.9 Å². The molecule has 1 unspecified atom stereocenters. The van der Waals surface area contributed by atoms with E-state index < -0.39 is 5.97 Å². The lowest BCUT2D eigenvalue weighted by Crippen LogP contribution is -2.35. The van der Waals surface area contributed by atoms with E-state index >= 15 is 0 Å². The molecule has 0 aromatic carbocycles. The molecule has 3 heterocycles. The molecule has 1 atom stereocenters. The van der Waals surface area contributed by atoms with Gasteiger partial charge in [-0.2, -0.15) is 9.78 Å². The van der Waals surface area contributed by atoms with Gasteiger partial charge >= 0.3 is 5.97 Å². The highest BCUT2D eigenvalue weighted by Crippen LogP contribution is 2.22. The Morgan fingerprint density at radius 1 is 1.32 bits per heavy atom. The second-order valence-corrected chi connectivity index (χ2v) is 6.30. The first-order valence-electron chi connectivity index (χ1n) is 9.29. The Morgan fingerprint density at radius 3 is 2.82 bits per heavy atom. The topological polar surface area (TPSA) is 105 Å². The Labute approximate surface area is 163 Å². The second-order valence-electron chi connectivity index (χ2n) is 6.30. The Bertz CT molecular complexity index is 812. The van der Waals surface area contributed by atoms with Crippen molar-refractivity contribution in [1.82, 2.24) is 20.1 Å². The molecule has 0 radical (unpaired) electrons. The number of ether oxygens (including phenoxy) is 3. The number of methoxy groups -OCH3 is 1. The molecule has 1 fully saturated rings. The first-order chi connectivity index (χ1) is 13.6. The van der Waals surface area contributed by atoms with Crippen LogP contribution in [-0.2, 0) is 9.47 Å². The maximum atomic E-state index is 12.3. The highest BCUT2D eigenvalue weighted by atomic mass is 16.5. The summed E-state index contributed by atoms with van der Waals surface area (Å²) in [7, 11) is 1.44. The van der Waals surface area contributed by atoms with Crippen molar-refractivity contribution in [3.63, 3.8) is 0 Å². The molecule has 150 valence electrons. The van der Waals surface area contributed by atoms with Crippen LogP contribution >= 0.6 is 0 Å². The number of carbonyl (C=O) groups excluding carboxylic acids is 2. The van der Waals surface area contributed by atoms with Gasteiger partial charge in [0.25, 0.3) is 5.91 Å². The number of carbonyl (C=O) groups is 2. The molecule has 0 saturated carbocycles. The minimum atomic E-state index is -0.522. The summed E-state index contributed by atoms with van der Waals surface area (Å²) in [5, 5.41) is 7.02. The van der Waals surface area contributed by atoms with Gasteiger partial charge in [0.2, 0.25) is 5.88 Å².